The maximum Gasteiger partial charge on any atom is 0.321 e. The summed E-state index contributed by atoms with van der Waals surface area (Å²) >= 11 is 3.10. The smallest absolute Gasteiger partial charge is 0.321 e. The Bertz CT molecular complexity index is 296. The van der Waals surface area contributed by atoms with E-state index in [0.717, 1.165) is 11.1 Å². The molecule has 0 aliphatic carbocycles. The summed E-state index contributed by atoms with van der Waals surface area (Å²) in [6.45, 7) is 1.90. The van der Waals surface area contributed by atoms with Crippen LogP contribution in [0.15, 0.2) is 24.3 Å². The molecule has 0 aliphatic rings. The SMILES string of the molecule is Cc1ccccc1C(Br)C(=O)O. The van der Waals surface area contributed by atoms with Gasteiger partial charge < -0.3 is 5.11 Å². The third-order valence-electron chi connectivity index (χ3n) is 1.68. The monoisotopic (exact) mass is 228 g/mol. The van der Waals surface area contributed by atoms with E-state index in [9.17, 15) is 4.79 Å². The first kappa shape index (κ1) is 9.26. The molecule has 0 aromatic heterocycles. The molecule has 0 spiro atoms. The average Bonchev–Trinajstić information content (AvgIpc) is 2.04. The van der Waals surface area contributed by atoms with E-state index in [-0.39, 0.29) is 0 Å². The van der Waals surface area contributed by atoms with Crippen molar-refractivity contribution in [2.24, 2.45) is 0 Å². The molecular weight excluding hydrogens is 220 g/mol. The minimum Gasteiger partial charge on any atom is -0.480 e. The highest BCUT2D eigenvalue weighted by atomic mass is 79.9. The van der Waals surface area contributed by atoms with Crippen molar-refractivity contribution >= 4 is 21.9 Å². The van der Waals surface area contributed by atoms with Gasteiger partial charge in [-0.3, -0.25) is 4.79 Å². The minimum absolute atomic E-state index is 0.598. The van der Waals surface area contributed by atoms with Gasteiger partial charge in [-0.1, -0.05) is 40.2 Å². The fourth-order valence-electron chi connectivity index (χ4n) is 1.00. The molecular formula is C9H9BrO2. The van der Waals surface area contributed by atoms with Crippen LogP contribution in [0.2, 0.25) is 0 Å². The number of aliphatic carboxylic acids is 1. The lowest BCUT2D eigenvalue weighted by atomic mass is 10.1. The zero-order valence-electron chi connectivity index (χ0n) is 6.62. The molecule has 0 heterocycles. The van der Waals surface area contributed by atoms with Crippen LogP contribution in [-0.2, 0) is 4.79 Å². The molecule has 0 amide bonds. The molecule has 64 valence electrons. The van der Waals surface area contributed by atoms with Crippen molar-refractivity contribution in [1.29, 1.82) is 0 Å². The van der Waals surface area contributed by atoms with Crippen molar-refractivity contribution in [3.63, 3.8) is 0 Å². The van der Waals surface area contributed by atoms with Crippen molar-refractivity contribution in [2.75, 3.05) is 0 Å². The van der Waals surface area contributed by atoms with Gasteiger partial charge in [0, 0.05) is 0 Å². The van der Waals surface area contributed by atoms with Crippen LogP contribution in [0.25, 0.3) is 0 Å². The molecule has 1 rings (SSSR count). The summed E-state index contributed by atoms with van der Waals surface area (Å²) in [5.74, 6) is -0.857. The Labute approximate surface area is 79.3 Å². The standard InChI is InChI=1S/C9H9BrO2/c1-6-4-2-3-5-7(6)8(10)9(11)12/h2-5,8H,1H3,(H,11,12). The van der Waals surface area contributed by atoms with E-state index in [2.05, 4.69) is 15.9 Å². The summed E-state index contributed by atoms with van der Waals surface area (Å²) in [6.07, 6.45) is 0. The fraction of sp³-hybridized carbons (Fsp3) is 0.222. The van der Waals surface area contributed by atoms with Crippen LogP contribution in [0.1, 0.15) is 16.0 Å². The Kier molecular flexibility index (Phi) is 2.87. The summed E-state index contributed by atoms with van der Waals surface area (Å²) in [5, 5.41) is 8.71. The Balaban J connectivity index is 3.02. The van der Waals surface area contributed by atoms with Crippen molar-refractivity contribution in [2.45, 2.75) is 11.8 Å². The molecule has 1 aromatic carbocycles. The van der Waals surface area contributed by atoms with Crippen LogP contribution in [-0.4, -0.2) is 11.1 Å². The molecule has 0 saturated heterocycles. The number of carboxylic acids is 1. The quantitative estimate of drug-likeness (QED) is 0.791. The van der Waals surface area contributed by atoms with Gasteiger partial charge in [0.05, 0.1) is 0 Å². The van der Waals surface area contributed by atoms with E-state index in [1.165, 1.54) is 0 Å². The molecule has 1 atom stereocenters. The van der Waals surface area contributed by atoms with E-state index in [4.69, 9.17) is 5.11 Å². The first-order valence-corrected chi connectivity index (χ1v) is 4.47. The minimum atomic E-state index is -0.857. The van der Waals surface area contributed by atoms with Crippen LogP contribution in [0, 0.1) is 6.92 Å². The number of alkyl halides is 1. The molecule has 1 unspecified atom stereocenters. The topological polar surface area (TPSA) is 37.3 Å². The zero-order valence-corrected chi connectivity index (χ0v) is 8.21. The normalized spacial score (nSPS) is 12.5. The first-order chi connectivity index (χ1) is 5.63. The van der Waals surface area contributed by atoms with Crippen LogP contribution >= 0.6 is 15.9 Å². The van der Waals surface area contributed by atoms with E-state index >= 15 is 0 Å². The Morgan fingerprint density at radius 3 is 2.58 bits per heavy atom. The van der Waals surface area contributed by atoms with Crippen molar-refractivity contribution in [1.82, 2.24) is 0 Å². The fourth-order valence-corrected chi connectivity index (χ4v) is 1.52. The summed E-state index contributed by atoms with van der Waals surface area (Å²) in [5.41, 5.74) is 1.80. The van der Waals surface area contributed by atoms with Crippen molar-refractivity contribution in [3.05, 3.63) is 35.4 Å². The van der Waals surface area contributed by atoms with Crippen molar-refractivity contribution < 1.29 is 9.90 Å². The van der Waals surface area contributed by atoms with Crippen LogP contribution < -0.4 is 0 Å². The van der Waals surface area contributed by atoms with E-state index in [0.29, 0.717) is 0 Å². The van der Waals surface area contributed by atoms with Gasteiger partial charge in [-0.15, -0.1) is 0 Å². The lowest BCUT2D eigenvalue weighted by molar-refractivity contribution is -0.136. The van der Waals surface area contributed by atoms with E-state index in [1.54, 1.807) is 0 Å². The number of rotatable bonds is 2. The van der Waals surface area contributed by atoms with Gasteiger partial charge >= 0.3 is 5.97 Å². The number of aryl methyl sites for hydroxylation is 1. The van der Waals surface area contributed by atoms with E-state index in [1.807, 2.05) is 31.2 Å². The molecule has 3 heteroatoms. The lowest BCUT2D eigenvalue weighted by Crippen LogP contribution is -2.05. The predicted octanol–water partition coefficient (Wildman–Crippen LogP) is 2.52. The van der Waals surface area contributed by atoms with Gasteiger partial charge in [-0.2, -0.15) is 0 Å². The highest BCUT2D eigenvalue weighted by Crippen LogP contribution is 2.25. The van der Waals surface area contributed by atoms with Crippen LogP contribution in [0.4, 0.5) is 0 Å². The number of carbonyl (C=O) groups is 1. The van der Waals surface area contributed by atoms with Gasteiger partial charge in [0.2, 0.25) is 0 Å². The first-order valence-electron chi connectivity index (χ1n) is 3.55. The number of hydrogen-bond donors (Lipinski definition) is 1. The third kappa shape index (κ3) is 1.85. The summed E-state index contributed by atoms with van der Waals surface area (Å²) in [4.78, 5) is 10.0. The van der Waals surface area contributed by atoms with Gasteiger partial charge in [-0.05, 0) is 18.1 Å². The largest absolute Gasteiger partial charge is 0.480 e. The Morgan fingerprint density at radius 2 is 2.08 bits per heavy atom. The average molecular weight is 229 g/mol. The second-order valence-electron chi connectivity index (χ2n) is 2.56. The van der Waals surface area contributed by atoms with Crippen LogP contribution in [0.5, 0.6) is 0 Å². The summed E-state index contributed by atoms with van der Waals surface area (Å²) in [7, 11) is 0. The van der Waals surface area contributed by atoms with Crippen LogP contribution in [0.3, 0.4) is 0 Å². The molecule has 1 aromatic rings. The van der Waals surface area contributed by atoms with E-state index < -0.39 is 10.8 Å². The zero-order chi connectivity index (χ0) is 9.14. The molecule has 0 radical (unpaired) electrons. The summed E-state index contributed by atoms with van der Waals surface area (Å²) < 4.78 is 0. The molecule has 2 nitrogen and oxygen atoms in total. The number of halogens is 1. The molecule has 0 fully saturated rings. The van der Waals surface area contributed by atoms with Gasteiger partial charge in [-0.25, -0.2) is 0 Å². The highest BCUT2D eigenvalue weighted by Gasteiger charge is 2.16. The third-order valence-corrected chi connectivity index (χ3v) is 2.56. The Morgan fingerprint density at radius 1 is 1.50 bits per heavy atom. The lowest BCUT2D eigenvalue weighted by Gasteiger charge is -2.07. The van der Waals surface area contributed by atoms with Crippen molar-refractivity contribution in [3.8, 4) is 0 Å². The highest BCUT2D eigenvalue weighted by molar-refractivity contribution is 9.09. The molecule has 0 bridgehead atoms. The predicted molar refractivity (Wildman–Crippen MR) is 50.5 cm³/mol. The molecule has 0 aliphatic heterocycles. The Hall–Kier alpha value is -0.830. The number of hydrogen-bond acceptors (Lipinski definition) is 1. The number of benzene rings is 1. The second kappa shape index (κ2) is 3.72. The van der Waals surface area contributed by atoms with Gasteiger partial charge in [0.25, 0.3) is 0 Å². The van der Waals surface area contributed by atoms with Gasteiger partial charge in [0.15, 0.2) is 0 Å². The summed E-state index contributed by atoms with van der Waals surface area (Å²) in [6, 6.07) is 7.43. The van der Waals surface area contributed by atoms with Gasteiger partial charge in [0.1, 0.15) is 4.83 Å². The second-order valence-corrected chi connectivity index (χ2v) is 3.47. The maximum atomic E-state index is 10.6. The number of carboxylic acid groups (broad SMARTS) is 1. The maximum absolute atomic E-state index is 10.6. The molecule has 12 heavy (non-hydrogen) atoms. The molecule has 1 N–H and O–H groups in total. The molecule has 0 saturated carbocycles.